The average molecular weight is 450 g/mol. The first-order valence-electron chi connectivity index (χ1n) is 13.4. The molecule has 0 amide bonds. The molecule has 5 heteroatoms. The molecule has 4 aliphatic carbocycles. The van der Waals surface area contributed by atoms with Crippen LogP contribution in [0.5, 0.6) is 0 Å². The van der Waals surface area contributed by atoms with Crippen LogP contribution < -0.4 is 0 Å². The summed E-state index contributed by atoms with van der Waals surface area (Å²) in [4.78, 5) is 17.9. The van der Waals surface area contributed by atoms with Crippen LogP contribution in [-0.4, -0.2) is 34.3 Å². The molecule has 5 nitrogen and oxygen atoms in total. The van der Waals surface area contributed by atoms with E-state index in [1.54, 1.807) is 6.20 Å². The molecule has 2 heterocycles. The minimum Gasteiger partial charge on any atom is -0.384 e. The Morgan fingerprint density at radius 3 is 2.82 bits per heavy atom. The molecule has 0 spiro atoms. The lowest BCUT2D eigenvalue weighted by Crippen LogP contribution is -2.49. The number of aromatic nitrogens is 3. The highest BCUT2D eigenvalue weighted by Gasteiger charge is 2.58. The van der Waals surface area contributed by atoms with Crippen LogP contribution >= 0.6 is 0 Å². The number of ketones is 1. The van der Waals surface area contributed by atoms with Crippen LogP contribution in [0.25, 0.3) is 11.0 Å². The summed E-state index contributed by atoms with van der Waals surface area (Å²) in [7, 11) is 1.86. The highest BCUT2D eigenvalue weighted by molar-refractivity contribution is 5.82. The summed E-state index contributed by atoms with van der Waals surface area (Å²) in [6, 6.07) is 3.87. The molecular formula is C28H39N3O2. The summed E-state index contributed by atoms with van der Waals surface area (Å²) >= 11 is 0. The van der Waals surface area contributed by atoms with Crippen molar-refractivity contribution in [1.29, 1.82) is 0 Å². The number of fused-ring (bicyclic) bond motifs is 6. The molecule has 8 atom stereocenters. The van der Waals surface area contributed by atoms with Gasteiger partial charge in [0, 0.05) is 25.8 Å². The van der Waals surface area contributed by atoms with E-state index in [1.807, 2.05) is 30.1 Å². The van der Waals surface area contributed by atoms with Crippen LogP contribution in [-0.2, 0) is 16.1 Å². The lowest BCUT2D eigenvalue weighted by Gasteiger charge is -2.56. The van der Waals surface area contributed by atoms with Gasteiger partial charge in [-0.15, -0.1) is 0 Å². The summed E-state index contributed by atoms with van der Waals surface area (Å²) in [6.45, 7) is 3.80. The fraction of sp³-hybridized carbons (Fsp3) is 0.750. The van der Waals surface area contributed by atoms with E-state index < -0.39 is 0 Å². The van der Waals surface area contributed by atoms with Gasteiger partial charge in [-0.3, -0.25) is 14.5 Å². The van der Waals surface area contributed by atoms with Crippen LogP contribution in [0.3, 0.4) is 0 Å². The third-order valence-corrected chi connectivity index (χ3v) is 10.5. The van der Waals surface area contributed by atoms with Crippen molar-refractivity contribution in [2.24, 2.45) is 46.8 Å². The Bertz CT molecular complexity index is 984. The molecule has 0 radical (unpaired) electrons. The number of rotatable bonds is 5. The summed E-state index contributed by atoms with van der Waals surface area (Å²) in [5, 5.41) is 4.61. The Hall–Kier alpha value is -1.75. The quantitative estimate of drug-likeness (QED) is 0.602. The van der Waals surface area contributed by atoms with Gasteiger partial charge < -0.3 is 4.74 Å². The normalized spacial score (nSPS) is 40.2. The van der Waals surface area contributed by atoms with Crippen molar-refractivity contribution in [3.63, 3.8) is 0 Å². The zero-order valence-electron chi connectivity index (χ0n) is 20.3. The molecule has 0 N–H and O–H groups in total. The standard InChI is InChI=1S/C28H39N3O2/c1-28-12-11-21-20-7-5-18(17-33-2)14-19(20)6-8-22(21)23(28)9-10-24(28)27(32)16-31-15-26-25(30-31)4-3-13-29-26/h3-4,13,15,18-24H,5-12,14,16-17H2,1-2H3. The van der Waals surface area contributed by atoms with Crippen molar-refractivity contribution in [2.45, 2.75) is 71.3 Å². The van der Waals surface area contributed by atoms with E-state index in [-0.39, 0.29) is 11.3 Å². The first-order chi connectivity index (χ1) is 16.1. The van der Waals surface area contributed by atoms with Gasteiger partial charge in [-0.2, -0.15) is 5.10 Å². The number of methoxy groups -OCH3 is 1. The van der Waals surface area contributed by atoms with Crippen molar-refractivity contribution in [3.8, 4) is 0 Å². The van der Waals surface area contributed by atoms with Crippen LogP contribution in [0.4, 0.5) is 0 Å². The number of pyridine rings is 1. The Morgan fingerprint density at radius 2 is 1.97 bits per heavy atom. The number of carbonyl (C=O) groups is 1. The average Bonchev–Trinajstić information content (AvgIpc) is 3.38. The zero-order valence-corrected chi connectivity index (χ0v) is 20.3. The molecule has 33 heavy (non-hydrogen) atoms. The molecule has 4 fully saturated rings. The Morgan fingerprint density at radius 1 is 1.09 bits per heavy atom. The summed E-state index contributed by atoms with van der Waals surface area (Å²) < 4.78 is 7.32. The topological polar surface area (TPSA) is 57.0 Å². The zero-order chi connectivity index (χ0) is 22.6. The molecule has 4 aliphatic rings. The van der Waals surface area contributed by atoms with Crippen molar-refractivity contribution in [3.05, 3.63) is 24.5 Å². The predicted octanol–water partition coefficient (Wildman–Crippen LogP) is 5.53. The largest absolute Gasteiger partial charge is 0.384 e. The van der Waals surface area contributed by atoms with Gasteiger partial charge in [0.2, 0.25) is 0 Å². The van der Waals surface area contributed by atoms with Crippen molar-refractivity contribution in [1.82, 2.24) is 14.8 Å². The molecule has 0 bridgehead atoms. The van der Waals surface area contributed by atoms with E-state index in [4.69, 9.17) is 4.74 Å². The maximum atomic E-state index is 13.5. The van der Waals surface area contributed by atoms with Crippen molar-refractivity contribution < 1.29 is 9.53 Å². The molecule has 0 saturated heterocycles. The minimum atomic E-state index is 0.184. The number of Topliss-reactive ketones (excluding diaryl/α,β-unsaturated/α-hetero) is 1. The predicted molar refractivity (Wildman–Crippen MR) is 129 cm³/mol. The van der Waals surface area contributed by atoms with Gasteiger partial charge in [0.05, 0.1) is 12.7 Å². The Balaban J connectivity index is 1.16. The first-order valence-corrected chi connectivity index (χ1v) is 13.4. The molecule has 0 aliphatic heterocycles. The van der Waals surface area contributed by atoms with Gasteiger partial charge in [-0.1, -0.05) is 6.92 Å². The van der Waals surface area contributed by atoms with Gasteiger partial charge in [-0.05, 0) is 111 Å². The highest BCUT2D eigenvalue weighted by Crippen LogP contribution is 2.64. The number of hydrogen-bond donors (Lipinski definition) is 0. The second-order valence-corrected chi connectivity index (χ2v) is 11.9. The van der Waals surface area contributed by atoms with Gasteiger partial charge in [0.1, 0.15) is 11.0 Å². The fourth-order valence-corrected chi connectivity index (χ4v) is 9.12. The third kappa shape index (κ3) is 3.66. The lowest BCUT2D eigenvalue weighted by atomic mass is 9.49. The molecule has 2 aromatic heterocycles. The smallest absolute Gasteiger partial charge is 0.157 e. The monoisotopic (exact) mass is 449 g/mol. The number of hydrogen-bond acceptors (Lipinski definition) is 4. The summed E-state index contributed by atoms with van der Waals surface area (Å²) in [6.07, 6.45) is 15.6. The van der Waals surface area contributed by atoms with E-state index in [0.717, 1.165) is 59.6 Å². The molecule has 4 saturated carbocycles. The van der Waals surface area contributed by atoms with Crippen molar-refractivity contribution in [2.75, 3.05) is 13.7 Å². The Labute approximate surface area is 197 Å². The summed E-state index contributed by atoms with van der Waals surface area (Å²) in [5.41, 5.74) is 1.93. The van der Waals surface area contributed by atoms with Gasteiger partial charge >= 0.3 is 0 Å². The molecule has 8 unspecified atom stereocenters. The number of carbonyl (C=O) groups excluding carboxylic acids is 1. The Kier molecular flexibility index (Phi) is 5.59. The van der Waals surface area contributed by atoms with Gasteiger partial charge in [0.25, 0.3) is 0 Å². The SMILES string of the molecule is COCC1CCC2C(CCC3C2CCC2(C)C(C(=O)Cn4cc5ncccc5n4)CCC32)C1. The van der Waals surface area contributed by atoms with Gasteiger partial charge in [-0.25, -0.2) is 0 Å². The van der Waals surface area contributed by atoms with E-state index in [1.165, 1.54) is 51.4 Å². The second-order valence-electron chi connectivity index (χ2n) is 11.9. The molecule has 2 aromatic rings. The molecule has 0 aromatic carbocycles. The van der Waals surface area contributed by atoms with Gasteiger partial charge in [0.15, 0.2) is 5.78 Å². The molecule has 6 rings (SSSR count). The van der Waals surface area contributed by atoms with E-state index in [9.17, 15) is 4.79 Å². The summed E-state index contributed by atoms with van der Waals surface area (Å²) in [5.74, 6) is 5.70. The van der Waals surface area contributed by atoms with E-state index >= 15 is 0 Å². The number of ether oxygens (including phenoxy) is 1. The van der Waals surface area contributed by atoms with E-state index in [2.05, 4.69) is 17.0 Å². The fourth-order valence-electron chi connectivity index (χ4n) is 9.12. The van der Waals surface area contributed by atoms with Crippen LogP contribution in [0, 0.1) is 46.8 Å². The minimum absolute atomic E-state index is 0.184. The second kappa shape index (κ2) is 8.48. The first kappa shape index (κ1) is 21.8. The van der Waals surface area contributed by atoms with Crippen molar-refractivity contribution >= 4 is 16.8 Å². The van der Waals surface area contributed by atoms with Crippen LogP contribution in [0.15, 0.2) is 24.5 Å². The maximum absolute atomic E-state index is 13.5. The lowest BCUT2D eigenvalue weighted by molar-refractivity contribution is -0.131. The van der Waals surface area contributed by atoms with Crippen LogP contribution in [0.1, 0.15) is 64.7 Å². The number of nitrogens with zero attached hydrogens (tertiary/aromatic N) is 3. The molecule has 178 valence electrons. The van der Waals surface area contributed by atoms with E-state index in [0.29, 0.717) is 12.3 Å². The maximum Gasteiger partial charge on any atom is 0.157 e. The molecular weight excluding hydrogens is 410 g/mol. The third-order valence-electron chi connectivity index (χ3n) is 10.5. The van der Waals surface area contributed by atoms with Crippen LogP contribution in [0.2, 0.25) is 0 Å². The highest BCUT2D eigenvalue weighted by atomic mass is 16.5.